The van der Waals surface area contributed by atoms with Gasteiger partial charge >= 0.3 is 0 Å². The van der Waals surface area contributed by atoms with Gasteiger partial charge in [-0.05, 0) is 44.4 Å². The molecular weight excluding hydrogens is 418 g/mol. The van der Waals surface area contributed by atoms with Crippen molar-refractivity contribution < 1.29 is 19.5 Å². The number of aliphatic hydroxyl groups is 1. The van der Waals surface area contributed by atoms with E-state index in [-0.39, 0.29) is 42.1 Å². The van der Waals surface area contributed by atoms with Gasteiger partial charge in [0.25, 0.3) is 0 Å². The van der Waals surface area contributed by atoms with Gasteiger partial charge in [0.05, 0.1) is 12.6 Å². The number of carbonyl (C=O) groups excluding carboxylic acids is 3. The monoisotopic (exact) mass is 465 g/mol. The number of unbranched alkanes of at least 4 members (excludes halogenated alkanes) is 4. The molecule has 4 N–H and O–H groups in total. The van der Waals surface area contributed by atoms with Crippen molar-refractivity contribution in [1.82, 2.24) is 16.0 Å². The van der Waals surface area contributed by atoms with E-state index in [1.54, 1.807) is 7.05 Å². The van der Waals surface area contributed by atoms with Crippen LogP contribution in [0.25, 0.3) is 0 Å². The number of aliphatic hydroxyl groups excluding tert-OH is 1. The lowest BCUT2D eigenvalue weighted by Gasteiger charge is -2.27. The van der Waals surface area contributed by atoms with Crippen LogP contribution in [0.5, 0.6) is 0 Å². The highest BCUT2D eigenvalue weighted by Crippen LogP contribution is 2.20. The first-order valence-corrected chi connectivity index (χ1v) is 12.9. The summed E-state index contributed by atoms with van der Waals surface area (Å²) in [5.41, 5.74) is 0. The van der Waals surface area contributed by atoms with E-state index in [4.69, 9.17) is 0 Å². The summed E-state index contributed by atoms with van der Waals surface area (Å²) in [7, 11) is 1.60. The average Bonchev–Trinajstić information content (AvgIpc) is 2.78. The number of hydrogen-bond donors (Lipinski definition) is 4. The normalized spacial score (nSPS) is 25.3. The Morgan fingerprint density at radius 1 is 1.12 bits per heavy atom. The Bertz CT molecular complexity index is 621. The summed E-state index contributed by atoms with van der Waals surface area (Å²) in [6.07, 6.45) is 13.5. The van der Waals surface area contributed by atoms with Crippen LogP contribution in [0.2, 0.25) is 0 Å². The molecule has 0 aromatic rings. The highest BCUT2D eigenvalue weighted by molar-refractivity contribution is 5.88. The number of hydrogen-bond acceptors (Lipinski definition) is 4. The van der Waals surface area contributed by atoms with E-state index in [1.165, 1.54) is 19.3 Å². The molecule has 0 saturated heterocycles. The van der Waals surface area contributed by atoms with Crippen LogP contribution in [0, 0.1) is 17.8 Å². The summed E-state index contributed by atoms with van der Waals surface area (Å²) in [5, 5.41) is 18.4. The molecule has 3 amide bonds. The van der Waals surface area contributed by atoms with Crippen molar-refractivity contribution >= 4 is 17.7 Å². The number of nitrogens with one attached hydrogen (secondary N) is 3. The first-order chi connectivity index (χ1) is 15.8. The largest absolute Gasteiger partial charge is 0.394 e. The van der Waals surface area contributed by atoms with Crippen molar-refractivity contribution in [3.8, 4) is 0 Å². The fraction of sp³-hybridized carbons (Fsp3) is 0.808. The maximum absolute atomic E-state index is 13.2. The van der Waals surface area contributed by atoms with Crippen LogP contribution in [0.4, 0.5) is 0 Å². The minimum absolute atomic E-state index is 0.0551. The minimum atomic E-state index is -0.647. The van der Waals surface area contributed by atoms with Gasteiger partial charge in [0, 0.05) is 18.9 Å². The van der Waals surface area contributed by atoms with Gasteiger partial charge in [-0.25, -0.2) is 0 Å². The second kappa shape index (κ2) is 16.7. The smallest absolute Gasteiger partial charge is 0.242 e. The maximum atomic E-state index is 13.2. The third-order valence-corrected chi connectivity index (χ3v) is 6.39. The zero-order valence-electron chi connectivity index (χ0n) is 21.2. The quantitative estimate of drug-likeness (QED) is 0.293. The molecule has 0 fully saturated rings. The Hall–Kier alpha value is -1.89. The molecule has 4 atom stereocenters. The molecule has 0 aromatic carbocycles. The molecule has 1 rings (SSSR count). The lowest BCUT2D eigenvalue weighted by Crippen LogP contribution is -2.52. The van der Waals surface area contributed by atoms with Gasteiger partial charge in [-0.15, -0.1) is 0 Å². The second-order valence-electron chi connectivity index (χ2n) is 9.81. The molecule has 7 nitrogen and oxygen atoms in total. The van der Waals surface area contributed by atoms with E-state index in [0.717, 1.165) is 32.1 Å². The SMILES string of the molecule is CCCCCCCC1CCC=CCC(C(=O)NC)C[C@@H](CO)NC(=O)[C@H](CC(C)C)NC1=O. The Morgan fingerprint density at radius 3 is 2.48 bits per heavy atom. The van der Waals surface area contributed by atoms with E-state index in [0.29, 0.717) is 19.3 Å². The molecule has 0 aliphatic carbocycles. The Morgan fingerprint density at radius 2 is 1.85 bits per heavy atom. The standard InChI is InChI=1S/C26H47N3O4/c1-5-6-7-8-10-13-20-14-11-9-12-15-21(24(31)27-4)17-22(18-30)28-26(33)23(16-19(2)3)29-25(20)32/h9,12,19-23,30H,5-8,10-11,13-18H2,1-4H3,(H,27,31)(H,28,33)(H,29,32)/t20?,21?,22-,23-/m0/s1. The zero-order valence-corrected chi connectivity index (χ0v) is 21.2. The molecular formula is C26H47N3O4. The fourth-order valence-corrected chi connectivity index (χ4v) is 4.41. The van der Waals surface area contributed by atoms with Crippen molar-refractivity contribution in [2.75, 3.05) is 13.7 Å². The third-order valence-electron chi connectivity index (χ3n) is 6.39. The van der Waals surface area contributed by atoms with Gasteiger partial charge < -0.3 is 21.1 Å². The lowest BCUT2D eigenvalue weighted by molar-refractivity contribution is -0.132. The van der Waals surface area contributed by atoms with Crippen molar-refractivity contribution in [3.63, 3.8) is 0 Å². The fourth-order valence-electron chi connectivity index (χ4n) is 4.41. The van der Waals surface area contributed by atoms with Gasteiger partial charge in [0.1, 0.15) is 6.04 Å². The van der Waals surface area contributed by atoms with Gasteiger partial charge in [-0.2, -0.15) is 0 Å². The number of amides is 3. The van der Waals surface area contributed by atoms with Gasteiger partial charge in [0.2, 0.25) is 17.7 Å². The highest BCUT2D eigenvalue weighted by atomic mass is 16.3. The van der Waals surface area contributed by atoms with Crippen molar-refractivity contribution in [2.24, 2.45) is 17.8 Å². The summed E-state index contributed by atoms with van der Waals surface area (Å²) in [5.74, 6) is -0.691. The zero-order chi connectivity index (χ0) is 24.6. The first-order valence-electron chi connectivity index (χ1n) is 12.9. The molecule has 0 spiro atoms. The molecule has 0 aromatic heterocycles. The third kappa shape index (κ3) is 11.7. The van der Waals surface area contributed by atoms with E-state index in [1.807, 2.05) is 19.9 Å². The van der Waals surface area contributed by atoms with E-state index >= 15 is 0 Å². The van der Waals surface area contributed by atoms with Gasteiger partial charge in [-0.1, -0.05) is 65.0 Å². The summed E-state index contributed by atoms with van der Waals surface area (Å²) >= 11 is 0. The van der Waals surface area contributed by atoms with E-state index < -0.39 is 12.1 Å². The van der Waals surface area contributed by atoms with Crippen LogP contribution in [0.3, 0.4) is 0 Å². The molecule has 1 aliphatic rings. The van der Waals surface area contributed by atoms with Crippen LogP contribution in [-0.4, -0.2) is 48.6 Å². The van der Waals surface area contributed by atoms with Crippen molar-refractivity contribution in [2.45, 2.75) is 103 Å². The number of allylic oxidation sites excluding steroid dienone is 2. The van der Waals surface area contributed by atoms with Gasteiger partial charge in [-0.3, -0.25) is 14.4 Å². The number of carbonyl (C=O) groups is 3. The Kier molecular flexibility index (Phi) is 14.7. The highest BCUT2D eigenvalue weighted by Gasteiger charge is 2.29. The molecule has 1 heterocycles. The van der Waals surface area contributed by atoms with E-state index in [2.05, 4.69) is 29.0 Å². The summed E-state index contributed by atoms with van der Waals surface area (Å²) < 4.78 is 0. The average molecular weight is 466 g/mol. The molecule has 33 heavy (non-hydrogen) atoms. The molecule has 190 valence electrons. The van der Waals surface area contributed by atoms with Crippen LogP contribution in [0.1, 0.15) is 91.4 Å². The summed E-state index contributed by atoms with van der Waals surface area (Å²) in [6.45, 7) is 5.97. The predicted octanol–water partition coefficient (Wildman–Crippen LogP) is 3.46. The van der Waals surface area contributed by atoms with Crippen LogP contribution < -0.4 is 16.0 Å². The molecule has 2 unspecified atom stereocenters. The van der Waals surface area contributed by atoms with Crippen LogP contribution in [-0.2, 0) is 14.4 Å². The van der Waals surface area contributed by atoms with Crippen molar-refractivity contribution in [1.29, 1.82) is 0 Å². The molecule has 1 aliphatic heterocycles. The second-order valence-corrected chi connectivity index (χ2v) is 9.81. The first kappa shape index (κ1) is 29.1. The minimum Gasteiger partial charge on any atom is -0.394 e. The molecule has 0 saturated carbocycles. The molecule has 0 bridgehead atoms. The topological polar surface area (TPSA) is 108 Å². The molecule has 0 radical (unpaired) electrons. The lowest BCUT2D eigenvalue weighted by atomic mass is 9.92. The van der Waals surface area contributed by atoms with E-state index in [9.17, 15) is 19.5 Å². The van der Waals surface area contributed by atoms with Crippen LogP contribution >= 0.6 is 0 Å². The summed E-state index contributed by atoms with van der Waals surface area (Å²) in [6, 6.07) is -1.19. The number of rotatable bonds is 10. The van der Waals surface area contributed by atoms with Crippen LogP contribution in [0.15, 0.2) is 12.2 Å². The van der Waals surface area contributed by atoms with Gasteiger partial charge in [0.15, 0.2) is 0 Å². The van der Waals surface area contributed by atoms with Crippen molar-refractivity contribution in [3.05, 3.63) is 12.2 Å². The Balaban J connectivity index is 3.04. The summed E-state index contributed by atoms with van der Waals surface area (Å²) in [4.78, 5) is 38.6. The molecule has 7 heteroatoms. The maximum Gasteiger partial charge on any atom is 0.242 e. The Labute approximate surface area is 200 Å². The predicted molar refractivity (Wildman–Crippen MR) is 132 cm³/mol.